The van der Waals surface area contributed by atoms with Crippen LogP contribution in [0.15, 0.2) is 17.0 Å². The van der Waals surface area contributed by atoms with Crippen molar-refractivity contribution in [3.63, 3.8) is 0 Å². The molecule has 0 unspecified atom stereocenters. The number of nitrogen functional groups attached to an aromatic ring is 1. The van der Waals surface area contributed by atoms with Gasteiger partial charge in [0, 0.05) is 11.8 Å². The van der Waals surface area contributed by atoms with Crippen LogP contribution in [0, 0.1) is 0 Å². The summed E-state index contributed by atoms with van der Waals surface area (Å²) in [6.07, 6.45) is 4.97. The van der Waals surface area contributed by atoms with Crippen molar-refractivity contribution in [3.05, 3.63) is 23.8 Å². The van der Waals surface area contributed by atoms with Crippen LogP contribution in [-0.4, -0.2) is 15.0 Å². The summed E-state index contributed by atoms with van der Waals surface area (Å²) in [5, 5.41) is 0. The molecule has 0 aromatic carbocycles. The van der Waals surface area contributed by atoms with E-state index >= 15 is 0 Å². The van der Waals surface area contributed by atoms with E-state index in [4.69, 9.17) is 10.2 Å². The molecule has 14 heavy (non-hydrogen) atoms. The van der Waals surface area contributed by atoms with Gasteiger partial charge in [0.15, 0.2) is 12.2 Å². The molecule has 2 aromatic heterocycles. The topological polar surface area (TPSA) is 77.8 Å². The lowest BCUT2D eigenvalue weighted by atomic mass is 9.99. The van der Waals surface area contributed by atoms with E-state index in [9.17, 15) is 0 Å². The summed E-state index contributed by atoms with van der Waals surface area (Å²) in [7, 11) is 0. The van der Waals surface area contributed by atoms with Crippen LogP contribution in [0.5, 0.6) is 0 Å². The first-order chi connectivity index (χ1) is 6.84. The van der Waals surface area contributed by atoms with E-state index in [-0.39, 0.29) is 5.95 Å². The van der Waals surface area contributed by atoms with Crippen LogP contribution in [0.25, 0.3) is 11.5 Å². The maximum absolute atomic E-state index is 5.52. The maximum atomic E-state index is 5.52. The van der Waals surface area contributed by atoms with Gasteiger partial charge in [-0.3, -0.25) is 0 Å². The van der Waals surface area contributed by atoms with E-state index in [2.05, 4.69) is 15.0 Å². The molecular formula is C9H8N4O. The van der Waals surface area contributed by atoms with Gasteiger partial charge in [0.2, 0.25) is 5.95 Å². The van der Waals surface area contributed by atoms with Crippen molar-refractivity contribution in [2.75, 3.05) is 5.73 Å². The minimum absolute atomic E-state index is 0.271. The first-order valence-electron chi connectivity index (χ1n) is 4.39. The van der Waals surface area contributed by atoms with Crippen molar-refractivity contribution < 1.29 is 4.42 Å². The molecule has 0 amide bonds. The number of anilines is 1. The number of aromatic nitrogens is 3. The van der Waals surface area contributed by atoms with Gasteiger partial charge in [-0.1, -0.05) is 0 Å². The average molecular weight is 188 g/mol. The molecule has 0 aliphatic heterocycles. The Morgan fingerprint density at radius 2 is 2.21 bits per heavy atom. The second kappa shape index (κ2) is 2.54. The molecular weight excluding hydrogens is 180 g/mol. The van der Waals surface area contributed by atoms with Crippen LogP contribution < -0.4 is 5.73 Å². The van der Waals surface area contributed by atoms with Crippen LogP contribution in [-0.2, 0) is 12.8 Å². The molecule has 5 heteroatoms. The molecule has 2 aromatic rings. The standard InChI is InChI=1S/C9H8N4O/c10-9-11-3-5-1-2-6-8(7(5)13-9)14-4-12-6/h3-4H,1-2H2,(H2,10,11,13). The first kappa shape index (κ1) is 7.49. The largest absolute Gasteiger partial charge is 0.442 e. The molecule has 2 N–H and O–H groups in total. The van der Waals surface area contributed by atoms with Gasteiger partial charge in [-0.25, -0.2) is 15.0 Å². The lowest BCUT2D eigenvalue weighted by Crippen LogP contribution is -2.07. The van der Waals surface area contributed by atoms with Crippen molar-refractivity contribution in [1.29, 1.82) is 0 Å². The molecule has 3 rings (SSSR count). The third-order valence-corrected chi connectivity index (χ3v) is 2.37. The minimum Gasteiger partial charge on any atom is -0.442 e. The SMILES string of the molecule is Nc1ncc2c(n1)-c1ocnc1CC2. The Bertz CT molecular complexity index is 491. The quantitative estimate of drug-likeness (QED) is 0.662. The minimum atomic E-state index is 0.271. The van der Waals surface area contributed by atoms with Gasteiger partial charge in [0.1, 0.15) is 5.69 Å². The first-order valence-corrected chi connectivity index (χ1v) is 4.39. The smallest absolute Gasteiger partial charge is 0.220 e. The highest BCUT2D eigenvalue weighted by atomic mass is 16.3. The molecule has 1 aliphatic carbocycles. The zero-order chi connectivity index (χ0) is 9.54. The number of nitrogens with two attached hydrogens (primary N) is 1. The highest BCUT2D eigenvalue weighted by Crippen LogP contribution is 2.30. The van der Waals surface area contributed by atoms with Crippen molar-refractivity contribution in [2.24, 2.45) is 0 Å². The summed E-state index contributed by atoms with van der Waals surface area (Å²) in [5.74, 6) is 1.01. The third-order valence-electron chi connectivity index (χ3n) is 2.37. The second-order valence-electron chi connectivity index (χ2n) is 3.23. The van der Waals surface area contributed by atoms with Gasteiger partial charge in [-0.15, -0.1) is 0 Å². The molecule has 0 fully saturated rings. The Kier molecular flexibility index (Phi) is 1.36. The van der Waals surface area contributed by atoms with Gasteiger partial charge < -0.3 is 10.2 Å². The zero-order valence-corrected chi connectivity index (χ0v) is 7.40. The lowest BCUT2D eigenvalue weighted by Gasteiger charge is -2.11. The van der Waals surface area contributed by atoms with Gasteiger partial charge >= 0.3 is 0 Å². The summed E-state index contributed by atoms with van der Waals surface area (Å²) < 4.78 is 5.28. The van der Waals surface area contributed by atoms with Crippen LogP contribution in [0.1, 0.15) is 11.3 Å². The number of hydrogen-bond donors (Lipinski definition) is 1. The zero-order valence-electron chi connectivity index (χ0n) is 7.40. The Labute approximate surface area is 80.0 Å². The highest BCUT2D eigenvalue weighted by molar-refractivity contribution is 5.62. The van der Waals surface area contributed by atoms with Crippen LogP contribution in [0.3, 0.4) is 0 Å². The van der Waals surface area contributed by atoms with Gasteiger partial charge in [0.25, 0.3) is 0 Å². The van der Waals surface area contributed by atoms with Gasteiger partial charge in [0.05, 0.1) is 5.69 Å². The molecule has 5 nitrogen and oxygen atoms in total. The average Bonchev–Trinajstić information content (AvgIpc) is 2.65. The Balaban J connectivity index is 2.28. The van der Waals surface area contributed by atoms with E-state index in [1.165, 1.54) is 6.39 Å². The van der Waals surface area contributed by atoms with Crippen molar-refractivity contribution in [3.8, 4) is 11.5 Å². The Morgan fingerprint density at radius 1 is 1.29 bits per heavy atom. The lowest BCUT2D eigenvalue weighted by molar-refractivity contribution is 0.565. The molecule has 0 saturated carbocycles. The Hall–Kier alpha value is -1.91. The van der Waals surface area contributed by atoms with E-state index < -0.39 is 0 Å². The third kappa shape index (κ3) is 0.921. The predicted octanol–water partition coefficient (Wildman–Crippen LogP) is 0.812. The van der Waals surface area contributed by atoms with E-state index in [0.29, 0.717) is 0 Å². The van der Waals surface area contributed by atoms with Crippen molar-refractivity contribution in [2.45, 2.75) is 12.8 Å². The summed E-state index contributed by atoms with van der Waals surface area (Å²) in [6, 6.07) is 0. The van der Waals surface area contributed by atoms with Crippen LogP contribution in [0.2, 0.25) is 0 Å². The molecule has 2 heterocycles. The number of rotatable bonds is 0. The normalized spacial score (nSPS) is 13.4. The van der Waals surface area contributed by atoms with Crippen molar-refractivity contribution in [1.82, 2.24) is 15.0 Å². The molecule has 70 valence electrons. The second-order valence-corrected chi connectivity index (χ2v) is 3.23. The van der Waals surface area contributed by atoms with Crippen LogP contribution in [0.4, 0.5) is 5.95 Å². The molecule has 0 bridgehead atoms. The predicted molar refractivity (Wildman–Crippen MR) is 49.3 cm³/mol. The van der Waals surface area contributed by atoms with Gasteiger partial charge in [-0.2, -0.15) is 0 Å². The van der Waals surface area contributed by atoms with E-state index in [0.717, 1.165) is 35.6 Å². The fraction of sp³-hybridized carbons (Fsp3) is 0.222. The summed E-state index contributed by atoms with van der Waals surface area (Å²) in [4.78, 5) is 12.2. The van der Waals surface area contributed by atoms with Gasteiger partial charge in [-0.05, 0) is 12.8 Å². The number of oxazole rings is 1. The van der Waals surface area contributed by atoms with E-state index in [1.807, 2.05) is 0 Å². The number of nitrogens with zero attached hydrogens (tertiary/aromatic N) is 3. The highest BCUT2D eigenvalue weighted by Gasteiger charge is 2.21. The van der Waals surface area contributed by atoms with Crippen LogP contribution >= 0.6 is 0 Å². The van der Waals surface area contributed by atoms with Crippen molar-refractivity contribution >= 4 is 5.95 Å². The summed E-state index contributed by atoms with van der Waals surface area (Å²) in [6.45, 7) is 0. The Morgan fingerprint density at radius 3 is 3.14 bits per heavy atom. The number of hydrogen-bond acceptors (Lipinski definition) is 5. The fourth-order valence-corrected chi connectivity index (χ4v) is 1.69. The van der Waals surface area contributed by atoms with E-state index in [1.54, 1.807) is 6.20 Å². The summed E-state index contributed by atoms with van der Waals surface area (Å²) in [5.41, 5.74) is 8.34. The fourth-order valence-electron chi connectivity index (χ4n) is 1.69. The molecule has 0 atom stereocenters. The molecule has 0 spiro atoms. The molecule has 0 radical (unpaired) electrons. The number of fused-ring (bicyclic) bond motifs is 3. The summed E-state index contributed by atoms with van der Waals surface area (Å²) >= 11 is 0. The molecule has 1 aliphatic rings. The number of aryl methyl sites for hydroxylation is 2. The maximum Gasteiger partial charge on any atom is 0.220 e. The molecule has 0 saturated heterocycles. The monoisotopic (exact) mass is 188 g/mol.